The van der Waals surface area contributed by atoms with E-state index in [0.29, 0.717) is 23.4 Å². The molecular formula is C19H16FN3O2S. The standard InChI is InChI=1S/C19H16FN3O2S/c20-13-5-3-12(4-6-13)16(24)11-26-18-14(9-21)17(25)15(10-22)19(23-18)7-1-2-8-19/h3-6,14-15H,1-2,7-8,11H2/t14?,15-/m1/s1. The molecule has 1 aromatic rings. The molecule has 1 saturated carbocycles. The number of benzene rings is 1. The molecule has 26 heavy (non-hydrogen) atoms. The Kier molecular flexibility index (Phi) is 5.20. The average molecular weight is 369 g/mol. The Morgan fingerprint density at radius 1 is 1.23 bits per heavy atom. The van der Waals surface area contributed by atoms with Gasteiger partial charge in [-0.1, -0.05) is 12.8 Å². The van der Waals surface area contributed by atoms with E-state index in [4.69, 9.17) is 0 Å². The van der Waals surface area contributed by atoms with E-state index in [9.17, 15) is 24.5 Å². The van der Waals surface area contributed by atoms with E-state index in [1.54, 1.807) is 0 Å². The van der Waals surface area contributed by atoms with Crippen molar-refractivity contribution in [2.75, 3.05) is 5.75 Å². The molecular weight excluding hydrogens is 353 g/mol. The number of rotatable bonds is 3. The summed E-state index contributed by atoms with van der Waals surface area (Å²) in [7, 11) is 0. The molecule has 5 nitrogen and oxygen atoms in total. The first-order valence-electron chi connectivity index (χ1n) is 8.35. The molecule has 1 fully saturated rings. The third-order valence-corrected chi connectivity index (χ3v) is 5.96. The number of nitriles is 2. The Morgan fingerprint density at radius 3 is 2.46 bits per heavy atom. The summed E-state index contributed by atoms with van der Waals surface area (Å²) < 4.78 is 13.0. The summed E-state index contributed by atoms with van der Waals surface area (Å²) >= 11 is 1.07. The highest BCUT2D eigenvalue weighted by molar-refractivity contribution is 8.14. The zero-order valence-corrected chi connectivity index (χ0v) is 14.8. The highest BCUT2D eigenvalue weighted by atomic mass is 32.2. The first-order valence-corrected chi connectivity index (χ1v) is 9.33. The second-order valence-corrected chi connectivity index (χ2v) is 7.50. The Morgan fingerprint density at radius 2 is 1.88 bits per heavy atom. The molecule has 0 amide bonds. The number of thioether (sulfide) groups is 1. The maximum Gasteiger partial charge on any atom is 0.176 e. The number of halogens is 1. The number of hydrogen-bond donors (Lipinski definition) is 0. The van der Waals surface area contributed by atoms with Gasteiger partial charge in [0.15, 0.2) is 17.5 Å². The third-order valence-electron chi connectivity index (χ3n) is 4.93. The second kappa shape index (κ2) is 7.39. The van der Waals surface area contributed by atoms with E-state index < -0.39 is 29.0 Å². The van der Waals surface area contributed by atoms with E-state index >= 15 is 0 Å². The van der Waals surface area contributed by atoms with E-state index in [-0.39, 0.29) is 11.5 Å². The van der Waals surface area contributed by atoms with Gasteiger partial charge in [0.1, 0.15) is 11.7 Å². The molecule has 1 aliphatic carbocycles. The van der Waals surface area contributed by atoms with Crippen molar-refractivity contribution in [2.24, 2.45) is 16.8 Å². The van der Waals surface area contributed by atoms with E-state index in [1.807, 2.05) is 12.1 Å². The topological polar surface area (TPSA) is 94.1 Å². The molecule has 2 aliphatic rings. The van der Waals surface area contributed by atoms with Gasteiger partial charge in [-0.15, -0.1) is 11.8 Å². The molecule has 0 saturated heterocycles. The average Bonchev–Trinajstić information content (AvgIpc) is 3.09. The van der Waals surface area contributed by atoms with Crippen molar-refractivity contribution < 1.29 is 14.0 Å². The molecule has 0 bridgehead atoms. The largest absolute Gasteiger partial charge is 0.296 e. The van der Waals surface area contributed by atoms with Gasteiger partial charge in [0, 0.05) is 5.56 Å². The maximum absolute atomic E-state index is 13.0. The molecule has 7 heteroatoms. The Balaban J connectivity index is 1.83. The van der Waals surface area contributed by atoms with Crippen LogP contribution in [0.4, 0.5) is 4.39 Å². The van der Waals surface area contributed by atoms with Crippen LogP contribution in [0.1, 0.15) is 36.0 Å². The van der Waals surface area contributed by atoms with E-state index in [2.05, 4.69) is 4.99 Å². The van der Waals surface area contributed by atoms with Crippen LogP contribution >= 0.6 is 11.8 Å². The van der Waals surface area contributed by atoms with Crippen molar-refractivity contribution in [3.63, 3.8) is 0 Å². The van der Waals surface area contributed by atoms with Crippen molar-refractivity contribution in [3.05, 3.63) is 35.6 Å². The third kappa shape index (κ3) is 3.27. The summed E-state index contributed by atoms with van der Waals surface area (Å²) in [6.07, 6.45) is 3.06. The zero-order valence-electron chi connectivity index (χ0n) is 13.9. The first-order chi connectivity index (χ1) is 12.5. The lowest BCUT2D eigenvalue weighted by molar-refractivity contribution is -0.124. The van der Waals surface area contributed by atoms with Crippen molar-refractivity contribution in [2.45, 2.75) is 31.2 Å². The van der Waals surface area contributed by atoms with Gasteiger partial charge in [0.25, 0.3) is 0 Å². The summed E-state index contributed by atoms with van der Waals surface area (Å²) in [6.45, 7) is 0. The summed E-state index contributed by atoms with van der Waals surface area (Å²) in [5, 5.41) is 19.1. The van der Waals surface area contributed by atoms with Crippen LogP contribution in [0.5, 0.6) is 0 Å². The predicted molar refractivity (Wildman–Crippen MR) is 95.0 cm³/mol. The molecule has 1 heterocycles. The van der Waals surface area contributed by atoms with Gasteiger partial charge in [-0.25, -0.2) is 4.39 Å². The lowest BCUT2D eigenvalue weighted by Crippen LogP contribution is -2.47. The van der Waals surface area contributed by atoms with E-state index in [1.165, 1.54) is 24.3 Å². The summed E-state index contributed by atoms with van der Waals surface area (Å²) in [5.41, 5.74) is -0.388. The molecule has 0 aromatic heterocycles. The smallest absolute Gasteiger partial charge is 0.176 e. The SMILES string of the molecule is N#CC1C(=O)[C@@H](C#N)C2(CCCC2)N=C1SCC(=O)c1ccc(F)cc1. The molecule has 1 spiro atoms. The van der Waals surface area contributed by atoms with Gasteiger partial charge >= 0.3 is 0 Å². The number of carbonyl (C=O) groups excluding carboxylic acids is 2. The molecule has 0 radical (unpaired) electrons. The first kappa shape index (κ1) is 18.3. The zero-order chi connectivity index (χ0) is 18.7. The minimum atomic E-state index is -1.10. The fraction of sp³-hybridized carbons (Fsp3) is 0.421. The summed E-state index contributed by atoms with van der Waals surface area (Å²) in [4.78, 5) is 29.6. The lowest BCUT2D eigenvalue weighted by Gasteiger charge is -2.35. The predicted octanol–water partition coefficient (Wildman–Crippen LogP) is 3.32. The molecule has 132 valence electrons. The van der Waals surface area contributed by atoms with Gasteiger partial charge in [-0.2, -0.15) is 10.5 Å². The minimum absolute atomic E-state index is 0.00320. The Hall–Kier alpha value is -2.51. The maximum atomic E-state index is 13.0. The fourth-order valence-electron chi connectivity index (χ4n) is 3.57. The molecule has 0 N–H and O–H groups in total. The van der Waals surface area contributed by atoms with Gasteiger partial charge in [-0.3, -0.25) is 14.6 Å². The number of nitrogens with zero attached hydrogens (tertiary/aromatic N) is 3. The van der Waals surface area contributed by atoms with Crippen LogP contribution in [0, 0.1) is 40.3 Å². The van der Waals surface area contributed by atoms with Crippen LogP contribution in [0.25, 0.3) is 0 Å². The van der Waals surface area contributed by atoms with E-state index in [0.717, 1.165) is 24.6 Å². The van der Waals surface area contributed by atoms with Crippen molar-refractivity contribution in [3.8, 4) is 12.1 Å². The normalized spacial score (nSPS) is 24.0. The van der Waals surface area contributed by atoms with Crippen LogP contribution in [0.2, 0.25) is 0 Å². The van der Waals surface area contributed by atoms with Gasteiger partial charge in [0.05, 0.1) is 28.5 Å². The number of Topliss-reactive ketones (excluding diaryl/α,β-unsaturated/α-hetero) is 2. The summed E-state index contributed by atoms with van der Waals surface area (Å²) in [6, 6.07) is 9.20. The van der Waals surface area contributed by atoms with Crippen LogP contribution in [-0.4, -0.2) is 27.9 Å². The molecule has 3 rings (SSSR count). The Bertz CT molecular complexity index is 845. The van der Waals surface area contributed by atoms with Gasteiger partial charge in [0.2, 0.25) is 0 Å². The number of ketones is 2. The van der Waals surface area contributed by atoms with Crippen LogP contribution in [-0.2, 0) is 4.79 Å². The van der Waals surface area contributed by atoms with Gasteiger partial charge in [-0.05, 0) is 37.1 Å². The lowest BCUT2D eigenvalue weighted by atomic mass is 9.75. The summed E-state index contributed by atoms with van der Waals surface area (Å²) in [5.74, 6) is -3.06. The number of aliphatic imine (C=N–C) groups is 1. The van der Waals surface area contributed by atoms with Crippen molar-refractivity contribution in [1.82, 2.24) is 0 Å². The fourth-order valence-corrected chi connectivity index (χ4v) is 4.59. The Labute approximate surface area is 154 Å². The van der Waals surface area contributed by atoms with Crippen LogP contribution < -0.4 is 0 Å². The van der Waals surface area contributed by atoms with Crippen molar-refractivity contribution >= 4 is 28.4 Å². The number of carbonyl (C=O) groups is 2. The second-order valence-electron chi connectivity index (χ2n) is 6.51. The van der Waals surface area contributed by atoms with Crippen LogP contribution in [0.15, 0.2) is 29.3 Å². The highest BCUT2D eigenvalue weighted by Gasteiger charge is 2.52. The van der Waals surface area contributed by atoms with Crippen LogP contribution in [0.3, 0.4) is 0 Å². The molecule has 2 atom stereocenters. The molecule has 1 aromatic carbocycles. The highest BCUT2D eigenvalue weighted by Crippen LogP contribution is 2.45. The monoisotopic (exact) mass is 369 g/mol. The van der Waals surface area contributed by atoms with Crippen molar-refractivity contribution in [1.29, 1.82) is 10.5 Å². The number of hydrogen-bond acceptors (Lipinski definition) is 6. The quantitative estimate of drug-likeness (QED) is 0.762. The molecule has 1 aliphatic heterocycles. The van der Waals surface area contributed by atoms with Gasteiger partial charge < -0.3 is 0 Å². The minimum Gasteiger partial charge on any atom is -0.296 e. The molecule has 1 unspecified atom stereocenters.